The zero-order valence-corrected chi connectivity index (χ0v) is 11.9. The molecule has 0 aromatic heterocycles. The van der Waals surface area contributed by atoms with Crippen LogP contribution in [0.2, 0.25) is 0 Å². The van der Waals surface area contributed by atoms with Crippen LogP contribution >= 0.6 is 0 Å². The normalized spacial score (nSPS) is 29.3. The van der Waals surface area contributed by atoms with Crippen molar-refractivity contribution in [2.75, 3.05) is 44.7 Å². The summed E-state index contributed by atoms with van der Waals surface area (Å²) >= 11 is 0. The van der Waals surface area contributed by atoms with Crippen LogP contribution < -0.4 is 0 Å². The first-order chi connectivity index (χ1) is 8.37. The summed E-state index contributed by atoms with van der Waals surface area (Å²) in [6, 6.07) is 0. The van der Waals surface area contributed by atoms with E-state index in [4.69, 9.17) is 0 Å². The van der Waals surface area contributed by atoms with Crippen LogP contribution in [0.15, 0.2) is 0 Å². The van der Waals surface area contributed by atoms with Crippen molar-refractivity contribution in [3.63, 3.8) is 0 Å². The number of hydrogen-bond donors (Lipinski definition) is 0. The lowest BCUT2D eigenvalue weighted by Gasteiger charge is -2.34. The lowest BCUT2D eigenvalue weighted by molar-refractivity contribution is -0.134. The van der Waals surface area contributed by atoms with Gasteiger partial charge in [0.05, 0.1) is 5.75 Å². The number of rotatable bonds is 4. The molecule has 18 heavy (non-hydrogen) atoms. The quantitative estimate of drug-likeness (QED) is 0.714. The molecule has 0 spiro atoms. The molecule has 2 rings (SSSR count). The largest absolute Gasteiger partial charge is 0.340 e. The summed E-state index contributed by atoms with van der Waals surface area (Å²) in [5.74, 6) is 1.32. The van der Waals surface area contributed by atoms with E-state index in [1.54, 1.807) is 0 Å². The molecule has 1 amide bonds. The fourth-order valence-corrected chi connectivity index (χ4v) is 2.98. The first-order valence-corrected chi connectivity index (χ1v) is 8.62. The summed E-state index contributed by atoms with van der Waals surface area (Å²) in [7, 11) is -2.89. The van der Waals surface area contributed by atoms with E-state index in [0.717, 1.165) is 32.6 Å². The van der Waals surface area contributed by atoms with Gasteiger partial charge in [0, 0.05) is 44.9 Å². The minimum Gasteiger partial charge on any atom is -0.340 e. The molecule has 2 fully saturated rings. The molecule has 1 heterocycles. The van der Waals surface area contributed by atoms with Gasteiger partial charge in [0.25, 0.3) is 0 Å². The Morgan fingerprint density at radius 3 is 2.22 bits per heavy atom. The van der Waals surface area contributed by atoms with Crippen molar-refractivity contribution in [2.24, 2.45) is 11.8 Å². The van der Waals surface area contributed by atoms with Gasteiger partial charge in [0.1, 0.15) is 9.84 Å². The molecule has 0 N–H and O–H groups in total. The molecule has 0 bridgehead atoms. The van der Waals surface area contributed by atoms with E-state index in [1.807, 2.05) is 4.90 Å². The van der Waals surface area contributed by atoms with E-state index in [2.05, 4.69) is 11.8 Å². The van der Waals surface area contributed by atoms with Crippen LogP contribution in [0.5, 0.6) is 0 Å². The Labute approximate surface area is 109 Å². The van der Waals surface area contributed by atoms with Gasteiger partial charge in [-0.2, -0.15) is 0 Å². The number of sulfone groups is 1. The Kier molecular flexibility index (Phi) is 3.96. The first kappa shape index (κ1) is 13.8. The Balaban J connectivity index is 1.73. The maximum atomic E-state index is 12.0. The molecule has 1 aliphatic carbocycles. The molecule has 1 saturated carbocycles. The predicted molar refractivity (Wildman–Crippen MR) is 70.0 cm³/mol. The smallest absolute Gasteiger partial charge is 0.226 e. The van der Waals surface area contributed by atoms with E-state index in [1.165, 1.54) is 6.26 Å². The minimum absolute atomic E-state index is 0.209. The number of piperazine rings is 1. The van der Waals surface area contributed by atoms with Gasteiger partial charge in [0.2, 0.25) is 5.91 Å². The average Bonchev–Trinajstić information content (AvgIpc) is 3.03. The summed E-state index contributed by atoms with van der Waals surface area (Å²) in [4.78, 5) is 16.1. The van der Waals surface area contributed by atoms with E-state index in [9.17, 15) is 13.2 Å². The van der Waals surface area contributed by atoms with Gasteiger partial charge in [-0.25, -0.2) is 8.42 Å². The average molecular weight is 274 g/mol. The van der Waals surface area contributed by atoms with E-state index in [0.29, 0.717) is 18.4 Å². The molecule has 1 saturated heterocycles. The number of hydrogen-bond acceptors (Lipinski definition) is 4. The van der Waals surface area contributed by atoms with E-state index < -0.39 is 9.84 Å². The monoisotopic (exact) mass is 274 g/mol. The molecular formula is C12H22N2O3S. The molecule has 0 radical (unpaired) electrons. The van der Waals surface area contributed by atoms with Gasteiger partial charge < -0.3 is 4.90 Å². The van der Waals surface area contributed by atoms with Gasteiger partial charge in [-0.3, -0.25) is 9.69 Å². The fraction of sp³-hybridized carbons (Fsp3) is 0.917. The summed E-state index contributed by atoms with van der Waals surface area (Å²) in [6.07, 6.45) is 2.30. The Bertz CT molecular complexity index is 413. The maximum absolute atomic E-state index is 12.0. The fourth-order valence-electron chi connectivity index (χ4n) is 2.39. The molecule has 5 nitrogen and oxygen atoms in total. The Morgan fingerprint density at radius 1 is 1.22 bits per heavy atom. The summed E-state index contributed by atoms with van der Waals surface area (Å²) in [5, 5.41) is 0. The van der Waals surface area contributed by atoms with Crippen molar-refractivity contribution in [1.82, 2.24) is 9.80 Å². The van der Waals surface area contributed by atoms with Crippen molar-refractivity contribution in [3.8, 4) is 0 Å². The van der Waals surface area contributed by atoms with Gasteiger partial charge in [-0.15, -0.1) is 0 Å². The van der Waals surface area contributed by atoms with Gasteiger partial charge in [-0.05, 0) is 12.3 Å². The lowest BCUT2D eigenvalue weighted by atomic mass is 10.2. The molecule has 0 unspecified atom stereocenters. The highest BCUT2D eigenvalue weighted by atomic mass is 32.2. The zero-order valence-electron chi connectivity index (χ0n) is 11.1. The zero-order chi connectivity index (χ0) is 13.3. The van der Waals surface area contributed by atoms with Crippen molar-refractivity contribution in [3.05, 3.63) is 0 Å². The van der Waals surface area contributed by atoms with Crippen LogP contribution in [-0.4, -0.2) is 68.9 Å². The standard InChI is InChI=1S/C12H22N2O3S/c1-10-9-11(10)12(15)14-5-3-13(4-6-14)7-8-18(2,16)17/h10-11H,3-9H2,1-2H3/t10-,11+/m0/s1. The lowest BCUT2D eigenvalue weighted by Crippen LogP contribution is -2.50. The van der Waals surface area contributed by atoms with E-state index in [-0.39, 0.29) is 11.7 Å². The second-order valence-corrected chi connectivity index (χ2v) is 7.88. The van der Waals surface area contributed by atoms with Crippen LogP contribution in [-0.2, 0) is 14.6 Å². The predicted octanol–water partition coefficient (Wildman–Crippen LogP) is -0.169. The van der Waals surface area contributed by atoms with Gasteiger partial charge in [-0.1, -0.05) is 6.92 Å². The van der Waals surface area contributed by atoms with Gasteiger partial charge in [0.15, 0.2) is 0 Å². The highest BCUT2D eigenvalue weighted by Crippen LogP contribution is 2.39. The van der Waals surface area contributed by atoms with Crippen molar-refractivity contribution in [2.45, 2.75) is 13.3 Å². The van der Waals surface area contributed by atoms with Crippen LogP contribution in [0.4, 0.5) is 0 Å². The third-order valence-corrected chi connectivity index (χ3v) is 4.81. The van der Waals surface area contributed by atoms with Crippen LogP contribution in [0.1, 0.15) is 13.3 Å². The first-order valence-electron chi connectivity index (χ1n) is 6.55. The van der Waals surface area contributed by atoms with Gasteiger partial charge >= 0.3 is 0 Å². The molecule has 6 heteroatoms. The third kappa shape index (κ3) is 3.68. The Hall–Kier alpha value is -0.620. The number of nitrogens with zero attached hydrogens (tertiary/aromatic N) is 2. The summed E-state index contributed by atoms with van der Waals surface area (Å²) in [6.45, 7) is 5.77. The topological polar surface area (TPSA) is 57.7 Å². The maximum Gasteiger partial charge on any atom is 0.226 e. The molecule has 2 atom stereocenters. The number of carbonyl (C=O) groups excluding carboxylic acids is 1. The van der Waals surface area contributed by atoms with Crippen LogP contribution in [0, 0.1) is 11.8 Å². The molecule has 1 aliphatic heterocycles. The second kappa shape index (κ2) is 5.17. The second-order valence-electron chi connectivity index (χ2n) is 5.62. The third-order valence-electron chi connectivity index (χ3n) is 3.89. The highest BCUT2D eigenvalue weighted by molar-refractivity contribution is 7.90. The minimum atomic E-state index is -2.89. The van der Waals surface area contributed by atoms with Crippen LogP contribution in [0.25, 0.3) is 0 Å². The molecule has 0 aromatic carbocycles. The molecule has 0 aromatic rings. The van der Waals surface area contributed by atoms with Crippen molar-refractivity contribution in [1.29, 1.82) is 0 Å². The number of carbonyl (C=O) groups is 1. The van der Waals surface area contributed by atoms with Crippen molar-refractivity contribution < 1.29 is 13.2 Å². The van der Waals surface area contributed by atoms with Crippen molar-refractivity contribution >= 4 is 15.7 Å². The summed E-state index contributed by atoms with van der Waals surface area (Å²) in [5.41, 5.74) is 0. The molecular weight excluding hydrogens is 252 g/mol. The SMILES string of the molecule is C[C@H]1C[C@H]1C(=O)N1CCN(CCS(C)(=O)=O)CC1. The van der Waals surface area contributed by atoms with E-state index >= 15 is 0 Å². The molecule has 104 valence electrons. The Morgan fingerprint density at radius 2 is 1.78 bits per heavy atom. The number of amides is 1. The summed E-state index contributed by atoms with van der Waals surface area (Å²) < 4.78 is 22.2. The highest BCUT2D eigenvalue weighted by Gasteiger charge is 2.41. The molecule has 2 aliphatic rings. The van der Waals surface area contributed by atoms with Crippen LogP contribution in [0.3, 0.4) is 0 Å².